The highest BCUT2D eigenvalue weighted by Gasteiger charge is 2.34. The van der Waals surface area contributed by atoms with Gasteiger partial charge in [-0.05, 0) is 44.0 Å². The summed E-state index contributed by atoms with van der Waals surface area (Å²) in [6.07, 6.45) is -4.64. The molecule has 0 aliphatic carbocycles. The van der Waals surface area contributed by atoms with E-state index in [0.717, 1.165) is 22.0 Å². The molecule has 0 saturated heterocycles. The molecular formula is C19H21F3N2O3S. The van der Waals surface area contributed by atoms with E-state index in [1.165, 1.54) is 19.2 Å². The van der Waals surface area contributed by atoms with Gasteiger partial charge in [-0.25, -0.2) is 8.42 Å². The van der Waals surface area contributed by atoms with E-state index in [9.17, 15) is 26.4 Å². The number of halogens is 3. The van der Waals surface area contributed by atoms with Gasteiger partial charge in [0.1, 0.15) is 0 Å². The van der Waals surface area contributed by atoms with Gasteiger partial charge in [0, 0.05) is 7.05 Å². The van der Waals surface area contributed by atoms with Crippen molar-refractivity contribution in [1.29, 1.82) is 0 Å². The highest BCUT2D eigenvalue weighted by molar-refractivity contribution is 7.89. The second kappa shape index (κ2) is 7.92. The fourth-order valence-electron chi connectivity index (χ4n) is 3.05. The highest BCUT2D eigenvalue weighted by Crippen LogP contribution is 2.34. The van der Waals surface area contributed by atoms with Gasteiger partial charge in [0.2, 0.25) is 15.9 Å². The van der Waals surface area contributed by atoms with E-state index in [4.69, 9.17) is 0 Å². The number of sulfonamides is 1. The van der Waals surface area contributed by atoms with Crippen LogP contribution in [0.2, 0.25) is 0 Å². The summed E-state index contributed by atoms with van der Waals surface area (Å²) in [5.74, 6) is -0.870. The Morgan fingerprint density at radius 2 is 1.61 bits per heavy atom. The van der Waals surface area contributed by atoms with Gasteiger partial charge in [-0.1, -0.05) is 29.8 Å². The first-order chi connectivity index (χ1) is 12.8. The van der Waals surface area contributed by atoms with Crippen LogP contribution >= 0.6 is 0 Å². The van der Waals surface area contributed by atoms with Crippen LogP contribution in [0.4, 0.5) is 18.9 Å². The summed E-state index contributed by atoms with van der Waals surface area (Å²) in [7, 11) is -2.78. The minimum absolute atomic E-state index is 0.0871. The molecule has 0 atom stereocenters. The maximum Gasteiger partial charge on any atom is 0.418 e. The molecule has 2 aromatic rings. The van der Waals surface area contributed by atoms with E-state index in [2.05, 4.69) is 5.32 Å². The van der Waals surface area contributed by atoms with Crippen molar-refractivity contribution in [3.63, 3.8) is 0 Å². The van der Waals surface area contributed by atoms with Gasteiger partial charge in [-0.3, -0.25) is 4.79 Å². The van der Waals surface area contributed by atoms with E-state index in [0.29, 0.717) is 11.1 Å². The molecule has 28 heavy (non-hydrogen) atoms. The molecule has 2 rings (SSSR count). The quantitative estimate of drug-likeness (QED) is 0.807. The first-order valence-electron chi connectivity index (χ1n) is 8.34. The molecule has 0 spiro atoms. The second-order valence-corrected chi connectivity index (χ2v) is 8.56. The van der Waals surface area contributed by atoms with Crippen LogP contribution in [0.15, 0.2) is 41.3 Å². The van der Waals surface area contributed by atoms with Crippen LogP contribution in [-0.2, 0) is 21.0 Å². The van der Waals surface area contributed by atoms with Gasteiger partial charge in [0.25, 0.3) is 0 Å². The molecule has 0 bridgehead atoms. The van der Waals surface area contributed by atoms with E-state index in [-0.39, 0.29) is 4.90 Å². The predicted octanol–water partition coefficient (Wildman–Crippen LogP) is 3.89. The van der Waals surface area contributed by atoms with E-state index < -0.39 is 39.9 Å². The zero-order valence-electron chi connectivity index (χ0n) is 15.9. The van der Waals surface area contributed by atoms with Crippen molar-refractivity contribution < 1.29 is 26.4 Å². The fraction of sp³-hybridized carbons (Fsp3) is 0.316. The molecule has 9 heteroatoms. The fourth-order valence-corrected chi connectivity index (χ4v) is 4.58. The molecule has 0 heterocycles. The molecule has 0 saturated carbocycles. The lowest BCUT2D eigenvalue weighted by molar-refractivity contribution is -0.137. The normalized spacial score (nSPS) is 12.3. The second-order valence-electron chi connectivity index (χ2n) is 6.58. The maximum atomic E-state index is 13.0. The third-order valence-corrected chi connectivity index (χ3v) is 6.26. The first-order valence-corrected chi connectivity index (χ1v) is 9.78. The van der Waals surface area contributed by atoms with Crippen molar-refractivity contribution in [3.8, 4) is 0 Å². The van der Waals surface area contributed by atoms with Crippen LogP contribution in [0.25, 0.3) is 0 Å². The van der Waals surface area contributed by atoms with Gasteiger partial charge in [0.05, 0.1) is 22.7 Å². The van der Waals surface area contributed by atoms with Crippen LogP contribution in [0.3, 0.4) is 0 Å². The summed E-state index contributed by atoms with van der Waals surface area (Å²) in [4.78, 5) is 12.3. The zero-order chi connectivity index (χ0) is 21.3. The van der Waals surface area contributed by atoms with Gasteiger partial charge < -0.3 is 5.32 Å². The molecule has 1 N–H and O–H groups in total. The lowest BCUT2D eigenvalue weighted by Crippen LogP contribution is -2.36. The smallest absolute Gasteiger partial charge is 0.324 e. The van der Waals surface area contributed by atoms with Crippen molar-refractivity contribution in [2.45, 2.75) is 31.8 Å². The summed E-state index contributed by atoms with van der Waals surface area (Å²) in [6, 6.07) is 7.95. The molecule has 0 unspecified atom stereocenters. The van der Waals surface area contributed by atoms with Crippen LogP contribution in [0, 0.1) is 20.8 Å². The average Bonchev–Trinajstić information content (AvgIpc) is 2.52. The number of anilines is 1. The number of hydrogen-bond acceptors (Lipinski definition) is 3. The van der Waals surface area contributed by atoms with E-state index in [1.54, 1.807) is 26.0 Å². The van der Waals surface area contributed by atoms with Crippen LogP contribution in [0.5, 0.6) is 0 Å². The minimum atomic E-state index is -4.64. The van der Waals surface area contributed by atoms with Crippen molar-refractivity contribution in [2.75, 3.05) is 18.9 Å². The lowest BCUT2D eigenvalue weighted by Gasteiger charge is -2.21. The maximum absolute atomic E-state index is 13.0. The number of nitrogens with one attached hydrogen (secondary N) is 1. The Bertz CT molecular complexity index is 979. The molecule has 0 radical (unpaired) electrons. The molecular weight excluding hydrogens is 393 g/mol. The number of carbonyl (C=O) groups excluding carboxylic acids is 1. The Hall–Kier alpha value is -2.39. The SMILES string of the molecule is Cc1cc(C)c(S(=O)(=O)N(C)CC(=O)Nc2ccccc2C(F)(F)F)c(C)c1. The van der Waals surface area contributed by atoms with Crippen molar-refractivity contribution >= 4 is 21.6 Å². The minimum Gasteiger partial charge on any atom is -0.324 e. The molecule has 152 valence electrons. The Balaban J connectivity index is 2.24. The van der Waals surface area contributed by atoms with Crippen LogP contribution in [0.1, 0.15) is 22.3 Å². The molecule has 0 aromatic heterocycles. The number of rotatable bonds is 5. The Morgan fingerprint density at radius 1 is 1.07 bits per heavy atom. The average molecular weight is 414 g/mol. The summed E-state index contributed by atoms with van der Waals surface area (Å²) in [5, 5.41) is 2.14. The Morgan fingerprint density at radius 3 is 2.14 bits per heavy atom. The Kier molecular flexibility index (Phi) is 6.20. The summed E-state index contributed by atoms with van der Waals surface area (Å²) in [6.45, 7) is 4.52. The molecule has 0 aliphatic heterocycles. The van der Waals surface area contributed by atoms with E-state index in [1.807, 2.05) is 6.92 Å². The van der Waals surface area contributed by atoms with Crippen LogP contribution < -0.4 is 5.32 Å². The van der Waals surface area contributed by atoms with Crippen molar-refractivity contribution in [2.24, 2.45) is 0 Å². The molecule has 5 nitrogen and oxygen atoms in total. The summed E-state index contributed by atoms with van der Waals surface area (Å²) in [5.41, 5.74) is 0.546. The molecule has 0 fully saturated rings. The number of amides is 1. The highest BCUT2D eigenvalue weighted by atomic mass is 32.2. The third-order valence-electron chi connectivity index (χ3n) is 4.15. The molecule has 2 aromatic carbocycles. The number of benzene rings is 2. The summed E-state index contributed by atoms with van der Waals surface area (Å²) >= 11 is 0. The first kappa shape index (κ1) is 21.9. The van der Waals surface area contributed by atoms with Crippen molar-refractivity contribution in [1.82, 2.24) is 4.31 Å². The standard InChI is InChI=1S/C19H21F3N2O3S/c1-12-9-13(2)18(14(3)10-12)28(26,27)24(4)11-17(25)23-16-8-6-5-7-15(16)19(20,21)22/h5-10H,11H2,1-4H3,(H,23,25). The number of aryl methyl sites for hydroxylation is 3. The van der Waals surface area contributed by atoms with Gasteiger partial charge in [-0.2, -0.15) is 17.5 Å². The number of alkyl halides is 3. The monoisotopic (exact) mass is 414 g/mol. The zero-order valence-corrected chi connectivity index (χ0v) is 16.7. The summed E-state index contributed by atoms with van der Waals surface area (Å²) < 4.78 is 65.7. The van der Waals surface area contributed by atoms with Gasteiger partial charge in [0.15, 0.2) is 0 Å². The van der Waals surface area contributed by atoms with Gasteiger partial charge >= 0.3 is 6.18 Å². The number of likely N-dealkylation sites (N-methyl/N-ethyl adjacent to an activating group) is 1. The van der Waals surface area contributed by atoms with Gasteiger partial charge in [-0.15, -0.1) is 0 Å². The number of nitrogens with zero attached hydrogens (tertiary/aromatic N) is 1. The largest absolute Gasteiger partial charge is 0.418 e. The number of para-hydroxylation sites is 1. The lowest BCUT2D eigenvalue weighted by atomic mass is 10.1. The topological polar surface area (TPSA) is 66.5 Å². The van der Waals surface area contributed by atoms with E-state index >= 15 is 0 Å². The molecule has 1 amide bonds. The number of hydrogen-bond donors (Lipinski definition) is 1. The molecule has 0 aliphatic rings. The number of carbonyl (C=O) groups is 1. The third kappa shape index (κ3) is 4.71. The Labute approximate surface area is 162 Å². The predicted molar refractivity (Wildman–Crippen MR) is 101 cm³/mol. The van der Waals surface area contributed by atoms with Crippen molar-refractivity contribution in [3.05, 3.63) is 58.7 Å². The van der Waals surface area contributed by atoms with Crippen LogP contribution in [-0.4, -0.2) is 32.2 Å².